The Morgan fingerprint density at radius 1 is 1.06 bits per heavy atom. The lowest BCUT2D eigenvalue weighted by atomic mass is 9.95. The average molecular weight is 451 g/mol. The number of rotatable bonds is 5. The van der Waals surface area contributed by atoms with E-state index < -0.39 is 33.5 Å². The first-order chi connectivity index (χ1) is 14.6. The zero-order valence-corrected chi connectivity index (χ0v) is 18.0. The Bertz CT molecular complexity index is 1100. The maximum absolute atomic E-state index is 13.9. The minimum atomic E-state index is -3.74. The number of benzene rings is 2. The molecule has 0 bridgehead atoms. The van der Waals surface area contributed by atoms with E-state index in [1.54, 1.807) is 12.1 Å². The molecule has 2 aromatic carbocycles. The SMILES string of the molecule is CN(C)S(=O)(=O)c1ccccc1NC(=O)C1CCN(C(=O)c2ccc(F)cc2F)CC1. The van der Waals surface area contributed by atoms with Crippen LogP contribution in [-0.4, -0.2) is 56.6 Å². The minimum Gasteiger partial charge on any atom is -0.339 e. The zero-order valence-electron chi connectivity index (χ0n) is 17.1. The van der Waals surface area contributed by atoms with Crippen LogP contribution in [0.3, 0.4) is 0 Å². The molecule has 0 unspecified atom stereocenters. The van der Waals surface area contributed by atoms with Gasteiger partial charge < -0.3 is 10.2 Å². The highest BCUT2D eigenvalue weighted by atomic mass is 32.2. The molecule has 7 nitrogen and oxygen atoms in total. The number of carbonyl (C=O) groups is 2. The molecule has 0 radical (unpaired) electrons. The van der Waals surface area contributed by atoms with Crippen molar-refractivity contribution in [1.29, 1.82) is 0 Å². The molecule has 1 aliphatic heterocycles. The van der Waals surface area contributed by atoms with E-state index in [1.807, 2.05) is 0 Å². The minimum absolute atomic E-state index is 0.00671. The highest BCUT2D eigenvalue weighted by molar-refractivity contribution is 7.89. The van der Waals surface area contributed by atoms with Gasteiger partial charge in [0.2, 0.25) is 15.9 Å². The molecule has 0 spiro atoms. The van der Waals surface area contributed by atoms with Crippen molar-refractivity contribution in [3.05, 3.63) is 59.7 Å². The van der Waals surface area contributed by atoms with Gasteiger partial charge in [0.15, 0.2) is 0 Å². The quantitative estimate of drug-likeness (QED) is 0.757. The molecule has 1 saturated heterocycles. The van der Waals surface area contributed by atoms with Crippen molar-refractivity contribution in [3.63, 3.8) is 0 Å². The van der Waals surface area contributed by atoms with Crippen LogP contribution in [0.25, 0.3) is 0 Å². The fourth-order valence-electron chi connectivity index (χ4n) is 3.40. The molecule has 1 N–H and O–H groups in total. The van der Waals surface area contributed by atoms with Crippen LogP contribution in [0.1, 0.15) is 23.2 Å². The molecule has 0 saturated carbocycles. The lowest BCUT2D eigenvalue weighted by Crippen LogP contribution is -2.41. The van der Waals surface area contributed by atoms with Gasteiger partial charge in [-0.2, -0.15) is 0 Å². The number of sulfonamides is 1. The highest BCUT2D eigenvalue weighted by Gasteiger charge is 2.30. The van der Waals surface area contributed by atoms with Crippen molar-refractivity contribution in [2.45, 2.75) is 17.7 Å². The Morgan fingerprint density at radius 3 is 2.32 bits per heavy atom. The van der Waals surface area contributed by atoms with E-state index in [9.17, 15) is 26.8 Å². The molecule has 0 aromatic heterocycles. The average Bonchev–Trinajstić information content (AvgIpc) is 2.73. The number of para-hydroxylation sites is 1. The lowest BCUT2D eigenvalue weighted by molar-refractivity contribution is -0.121. The summed E-state index contributed by atoms with van der Waals surface area (Å²) in [6.07, 6.45) is 0.673. The second-order valence-electron chi connectivity index (χ2n) is 7.46. The predicted molar refractivity (Wildman–Crippen MR) is 111 cm³/mol. The topological polar surface area (TPSA) is 86.8 Å². The molecule has 3 rings (SSSR count). The summed E-state index contributed by atoms with van der Waals surface area (Å²) < 4.78 is 53.0. The molecule has 0 aliphatic carbocycles. The number of hydrogen-bond donors (Lipinski definition) is 1. The molecular formula is C21H23F2N3O4S. The summed E-state index contributed by atoms with van der Waals surface area (Å²) in [5, 5.41) is 2.68. The van der Waals surface area contributed by atoms with E-state index in [2.05, 4.69) is 5.32 Å². The molecule has 1 fully saturated rings. The van der Waals surface area contributed by atoms with Crippen molar-refractivity contribution in [2.24, 2.45) is 5.92 Å². The summed E-state index contributed by atoms with van der Waals surface area (Å²) in [6, 6.07) is 8.93. The van der Waals surface area contributed by atoms with E-state index in [-0.39, 0.29) is 35.1 Å². The summed E-state index contributed by atoms with van der Waals surface area (Å²) >= 11 is 0. The molecule has 0 atom stereocenters. The normalized spacial score (nSPS) is 15.2. The lowest BCUT2D eigenvalue weighted by Gasteiger charge is -2.31. The van der Waals surface area contributed by atoms with Crippen molar-refractivity contribution >= 4 is 27.5 Å². The molecular weight excluding hydrogens is 428 g/mol. The van der Waals surface area contributed by atoms with Gasteiger partial charge in [0.1, 0.15) is 16.5 Å². The number of nitrogens with zero attached hydrogens (tertiary/aromatic N) is 2. The van der Waals surface area contributed by atoms with E-state index in [0.717, 1.165) is 16.4 Å². The number of halogens is 2. The van der Waals surface area contributed by atoms with Gasteiger partial charge in [0, 0.05) is 39.2 Å². The number of likely N-dealkylation sites (tertiary alicyclic amines) is 1. The third-order valence-corrected chi connectivity index (χ3v) is 7.09. The largest absolute Gasteiger partial charge is 0.339 e. The van der Waals surface area contributed by atoms with Gasteiger partial charge in [-0.05, 0) is 37.1 Å². The molecule has 1 heterocycles. The van der Waals surface area contributed by atoms with E-state index in [1.165, 1.54) is 31.1 Å². The number of nitrogens with one attached hydrogen (secondary N) is 1. The van der Waals surface area contributed by atoms with Gasteiger partial charge in [-0.15, -0.1) is 0 Å². The van der Waals surface area contributed by atoms with Gasteiger partial charge in [-0.25, -0.2) is 21.5 Å². The number of hydrogen-bond acceptors (Lipinski definition) is 4. The summed E-state index contributed by atoms with van der Waals surface area (Å²) in [4.78, 5) is 26.7. The van der Waals surface area contributed by atoms with Gasteiger partial charge >= 0.3 is 0 Å². The van der Waals surface area contributed by atoms with Crippen LogP contribution in [0.4, 0.5) is 14.5 Å². The fraction of sp³-hybridized carbons (Fsp3) is 0.333. The number of anilines is 1. The Hall–Kier alpha value is -2.85. The van der Waals surface area contributed by atoms with Crippen LogP contribution in [0.2, 0.25) is 0 Å². The first-order valence-electron chi connectivity index (χ1n) is 9.68. The van der Waals surface area contributed by atoms with Crippen LogP contribution < -0.4 is 5.32 Å². The van der Waals surface area contributed by atoms with Crippen molar-refractivity contribution < 1.29 is 26.8 Å². The van der Waals surface area contributed by atoms with E-state index in [0.29, 0.717) is 18.9 Å². The maximum atomic E-state index is 13.9. The third-order valence-electron chi connectivity index (χ3n) is 5.22. The van der Waals surface area contributed by atoms with Gasteiger partial charge in [0.05, 0.1) is 11.3 Å². The molecule has 166 valence electrons. The highest BCUT2D eigenvalue weighted by Crippen LogP contribution is 2.26. The first kappa shape index (κ1) is 22.8. The Kier molecular flexibility index (Phi) is 6.71. The second kappa shape index (κ2) is 9.11. The van der Waals surface area contributed by atoms with Crippen molar-refractivity contribution in [2.75, 3.05) is 32.5 Å². The van der Waals surface area contributed by atoms with Crippen molar-refractivity contribution in [3.8, 4) is 0 Å². The zero-order chi connectivity index (χ0) is 22.8. The van der Waals surface area contributed by atoms with Gasteiger partial charge in [-0.1, -0.05) is 12.1 Å². The smallest absolute Gasteiger partial charge is 0.256 e. The van der Waals surface area contributed by atoms with E-state index in [4.69, 9.17) is 0 Å². The van der Waals surface area contributed by atoms with Crippen LogP contribution in [0, 0.1) is 17.6 Å². The number of piperidine rings is 1. The van der Waals surface area contributed by atoms with E-state index >= 15 is 0 Å². The Labute approximate surface area is 179 Å². The molecule has 10 heteroatoms. The first-order valence-corrected chi connectivity index (χ1v) is 11.1. The molecule has 2 amide bonds. The fourth-order valence-corrected chi connectivity index (χ4v) is 4.45. The van der Waals surface area contributed by atoms with Crippen LogP contribution in [-0.2, 0) is 14.8 Å². The molecule has 2 aromatic rings. The Morgan fingerprint density at radius 2 is 1.71 bits per heavy atom. The maximum Gasteiger partial charge on any atom is 0.256 e. The number of carbonyl (C=O) groups excluding carboxylic acids is 2. The molecule has 1 aliphatic rings. The van der Waals surface area contributed by atoms with Crippen LogP contribution >= 0.6 is 0 Å². The standard InChI is InChI=1S/C21H23F2N3O4S/c1-25(2)31(29,30)19-6-4-3-5-18(19)24-20(27)14-9-11-26(12-10-14)21(28)16-8-7-15(22)13-17(16)23/h3-8,13-14H,9-12H2,1-2H3,(H,24,27). The second-order valence-corrected chi connectivity index (χ2v) is 9.58. The van der Waals surface area contributed by atoms with Crippen LogP contribution in [0.5, 0.6) is 0 Å². The van der Waals surface area contributed by atoms with Crippen molar-refractivity contribution in [1.82, 2.24) is 9.21 Å². The monoisotopic (exact) mass is 451 g/mol. The predicted octanol–water partition coefficient (Wildman–Crippen LogP) is 2.71. The molecule has 31 heavy (non-hydrogen) atoms. The number of amides is 2. The van der Waals surface area contributed by atoms with Crippen LogP contribution in [0.15, 0.2) is 47.4 Å². The van der Waals surface area contributed by atoms with Gasteiger partial charge in [0.25, 0.3) is 5.91 Å². The Balaban J connectivity index is 1.66. The third kappa shape index (κ3) is 4.91. The summed E-state index contributed by atoms with van der Waals surface area (Å²) in [5.74, 6) is -3.03. The summed E-state index contributed by atoms with van der Waals surface area (Å²) in [5.41, 5.74) is -0.0276. The summed E-state index contributed by atoms with van der Waals surface area (Å²) in [7, 11) is -0.923. The summed E-state index contributed by atoms with van der Waals surface area (Å²) in [6.45, 7) is 0.455. The van der Waals surface area contributed by atoms with Gasteiger partial charge in [-0.3, -0.25) is 9.59 Å².